The lowest BCUT2D eigenvalue weighted by molar-refractivity contribution is -0.122. The van der Waals surface area contributed by atoms with Crippen LogP contribution >= 0.6 is 11.3 Å². The second kappa shape index (κ2) is 5.93. The van der Waals surface area contributed by atoms with Gasteiger partial charge in [0.1, 0.15) is 10.8 Å². The first-order valence-corrected chi connectivity index (χ1v) is 7.95. The monoisotopic (exact) mass is 304 g/mol. The van der Waals surface area contributed by atoms with Crippen LogP contribution < -0.4 is 5.32 Å². The van der Waals surface area contributed by atoms with Crippen LogP contribution in [-0.4, -0.2) is 17.4 Å². The zero-order valence-electron chi connectivity index (χ0n) is 11.9. The average Bonchev–Trinajstić information content (AvgIpc) is 3.24. The van der Waals surface area contributed by atoms with E-state index in [4.69, 9.17) is 0 Å². The molecule has 1 aromatic heterocycles. The highest BCUT2D eigenvalue weighted by molar-refractivity contribution is 7.15. The third-order valence-corrected chi connectivity index (χ3v) is 4.83. The number of aryl methyl sites for hydroxylation is 1. The van der Waals surface area contributed by atoms with E-state index in [0.717, 1.165) is 40.4 Å². The summed E-state index contributed by atoms with van der Waals surface area (Å²) < 4.78 is 13.3. The molecule has 1 heterocycles. The van der Waals surface area contributed by atoms with Crippen molar-refractivity contribution >= 4 is 17.2 Å². The summed E-state index contributed by atoms with van der Waals surface area (Å²) in [4.78, 5) is 17.2. The number of rotatable bonds is 5. The lowest BCUT2D eigenvalue weighted by Crippen LogP contribution is -2.26. The van der Waals surface area contributed by atoms with Gasteiger partial charge in [-0.3, -0.25) is 4.79 Å². The Balaban J connectivity index is 1.65. The molecule has 2 aromatic rings. The van der Waals surface area contributed by atoms with Gasteiger partial charge in [0.2, 0.25) is 5.91 Å². The number of hydrogen-bond donors (Lipinski definition) is 1. The van der Waals surface area contributed by atoms with Gasteiger partial charge in [0.15, 0.2) is 0 Å². The van der Waals surface area contributed by atoms with E-state index in [1.807, 2.05) is 13.0 Å². The fraction of sp³-hybridized carbons (Fsp3) is 0.375. The molecule has 1 aromatic carbocycles. The van der Waals surface area contributed by atoms with Gasteiger partial charge in [0.25, 0.3) is 0 Å². The van der Waals surface area contributed by atoms with Gasteiger partial charge in [-0.25, -0.2) is 9.37 Å². The standard InChI is InChI=1S/C16H17FN2OS/c1-10-14(7-8-18-15(20)11-5-6-11)21-16(19-10)12-3-2-4-13(17)9-12/h2-4,9,11H,5-8H2,1H3,(H,18,20). The molecule has 1 saturated carbocycles. The summed E-state index contributed by atoms with van der Waals surface area (Å²) in [5, 5.41) is 3.79. The Bertz CT molecular complexity index is 664. The topological polar surface area (TPSA) is 42.0 Å². The maximum Gasteiger partial charge on any atom is 0.223 e. The number of nitrogens with zero attached hydrogens (tertiary/aromatic N) is 1. The van der Waals surface area contributed by atoms with E-state index < -0.39 is 0 Å². The summed E-state index contributed by atoms with van der Waals surface area (Å²) in [7, 11) is 0. The van der Waals surface area contributed by atoms with E-state index >= 15 is 0 Å². The van der Waals surface area contributed by atoms with Crippen LogP contribution in [0.5, 0.6) is 0 Å². The first kappa shape index (κ1) is 14.2. The highest BCUT2D eigenvalue weighted by atomic mass is 32.1. The second-order valence-corrected chi connectivity index (χ2v) is 6.44. The van der Waals surface area contributed by atoms with Crippen molar-refractivity contribution in [1.82, 2.24) is 10.3 Å². The van der Waals surface area contributed by atoms with Gasteiger partial charge in [0, 0.05) is 29.3 Å². The minimum Gasteiger partial charge on any atom is -0.356 e. The fourth-order valence-corrected chi connectivity index (χ4v) is 3.25. The normalized spacial score (nSPS) is 14.2. The zero-order chi connectivity index (χ0) is 14.8. The molecule has 1 N–H and O–H groups in total. The van der Waals surface area contributed by atoms with Crippen molar-refractivity contribution in [2.24, 2.45) is 5.92 Å². The Morgan fingerprint density at radius 3 is 3.00 bits per heavy atom. The van der Waals surface area contributed by atoms with E-state index in [1.54, 1.807) is 17.4 Å². The minimum absolute atomic E-state index is 0.169. The van der Waals surface area contributed by atoms with E-state index in [1.165, 1.54) is 12.1 Å². The number of carbonyl (C=O) groups is 1. The van der Waals surface area contributed by atoms with Crippen molar-refractivity contribution in [3.63, 3.8) is 0 Å². The summed E-state index contributed by atoms with van der Waals surface area (Å²) in [5.74, 6) is 0.163. The Labute approximate surface area is 127 Å². The van der Waals surface area contributed by atoms with Crippen LogP contribution in [0.25, 0.3) is 10.6 Å². The van der Waals surface area contributed by atoms with Gasteiger partial charge in [-0.2, -0.15) is 0 Å². The third kappa shape index (κ3) is 3.47. The molecule has 0 aliphatic heterocycles. The predicted octanol–water partition coefficient (Wildman–Crippen LogP) is 3.33. The maximum atomic E-state index is 13.3. The van der Waals surface area contributed by atoms with E-state index in [-0.39, 0.29) is 17.6 Å². The first-order valence-electron chi connectivity index (χ1n) is 7.13. The molecule has 5 heteroatoms. The molecule has 0 radical (unpaired) electrons. The van der Waals surface area contributed by atoms with Crippen molar-refractivity contribution in [2.45, 2.75) is 26.2 Å². The minimum atomic E-state index is -0.251. The summed E-state index contributed by atoms with van der Waals surface area (Å²) >= 11 is 1.57. The van der Waals surface area contributed by atoms with Gasteiger partial charge in [-0.15, -0.1) is 11.3 Å². The number of nitrogens with one attached hydrogen (secondary N) is 1. The van der Waals surface area contributed by atoms with Crippen LogP contribution in [0.2, 0.25) is 0 Å². The molecule has 1 aliphatic rings. The highest BCUT2D eigenvalue weighted by Crippen LogP contribution is 2.30. The Kier molecular flexibility index (Phi) is 4.01. The molecule has 1 aliphatic carbocycles. The molecule has 0 atom stereocenters. The molecule has 0 saturated heterocycles. The van der Waals surface area contributed by atoms with Crippen molar-refractivity contribution in [1.29, 1.82) is 0 Å². The number of halogens is 1. The Hall–Kier alpha value is -1.75. The first-order chi connectivity index (χ1) is 10.1. The third-order valence-electron chi connectivity index (χ3n) is 3.56. The smallest absolute Gasteiger partial charge is 0.223 e. The molecule has 3 rings (SSSR count). The van der Waals surface area contributed by atoms with Crippen LogP contribution in [0.15, 0.2) is 24.3 Å². The largest absolute Gasteiger partial charge is 0.356 e. The number of carbonyl (C=O) groups excluding carboxylic acids is 1. The van der Waals surface area contributed by atoms with Gasteiger partial charge in [-0.05, 0) is 31.9 Å². The van der Waals surface area contributed by atoms with Gasteiger partial charge in [0.05, 0.1) is 5.69 Å². The van der Waals surface area contributed by atoms with Gasteiger partial charge >= 0.3 is 0 Å². The van der Waals surface area contributed by atoms with E-state index in [9.17, 15) is 9.18 Å². The van der Waals surface area contributed by atoms with E-state index in [2.05, 4.69) is 10.3 Å². The lowest BCUT2D eigenvalue weighted by Gasteiger charge is -2.02. The molecule has 0 unspecified atom stereocenters. The molecule has 110 valence electrons. The van der Waals surface area contributed by atoms with E-state index in [0.29, 0.717) is 6.54 Å². The molecule has 0 bridgehead atoms. The fourth-order valence-electron chi connectivity index (χ4n) is 2.19. The number of aromatic nitrogens is 1. The van der Waals surface area contributed by atoms with Gasteiger partial charge in [-0.1, -0.05) is 12.1 Å². The van der Waals surface area contributed by atoms with Crippen molar-refractivity contribution in [2.75, 3.05) is 6.54 Å². The molecular formula is C16H17FN2OS. The maximum absolute atomic E-state index is 13.3. The van der Waals surface area contributed by atoms with Crippen molar-refractivity contribution in [3.8, 4) is 10.6 Å². The van der Waals surface area contributed by atoms with Crippen LogP contribution in [-0.2, 0) is 11.2 Å². The molecule has 1 amide bonds. The molecule has 0 spiro atoms. The summed E-state index contributed by atoms with van der Waals surface area (Å²) in [6.45, 7) is 2.60. The average molecular weight is 304 g/mol. The zero-order valence-corrected chi connectivity index (χ0v) is 12.7. The summed E-state index contributed by atoms with van der Waals surface area (Å²) in [5.41, 5.74) is 1.76. The van der Waals surface area contributed by atoms with Crippen LogP contribution in [0, 0.1) is 18.7 Å². The van der Waals surface area contributed by atoms with Gasteiger partial charge < -0.3 is 5.32 Å². The van der Waals surface area contributed by atoms with Crippen LogP contribution in [0.4, 0.5) is 4.39 Å². The number of amides is 1. The molecule has 21 heavy (non-hydrogen) atoms. The number of benzene rings is 1. The number of hydrogen-bond acceptors (Lipinski definition) is 3. The van der Waals surface area contributed by atoms with Crippen molar-refractivity contribution in [3.05, 3.63) is 40.7 Å². The van der Waals surface area contributed by atoms with Crippen LogP contribution in [0.1, 0.15) is 23.4 Å². The molecule has 1 fully saturated rings. The summed E-state index contributed by atoms with van der Waals surface area (Å²) in [6, 6.07) is 6.48. The Morgan fingerprint density at radius 2 is 2.29 bits per heavy atom. The SMILES string of the molecule is Cc1nc(-c2cccc(F)c2)sc1CCNC(=O)C1CC1. The summed E-state index contributed by atoms with van der Waals surface area (Å²) in [6.07, 6.45) is 2.82. The van der Waals surface area contributed by atoms with Crippen molar-refractivity contribution < 1.29 is 9.18 Å². The van der Waals surface area contributed by atoms with Crippen LogP contribution in [0.3, 0.4) is 0 Å². The molecular weight excluding hydrogens is 287 g/mol. The Morgan fingerprint density at radius 1 is 1.48 bits per heavy atom. The second-order valence-electron chi connectivity index (χ2n) is 5.35. The quantitative estimate of drug-likeness (QED) is 0.920. The number of thiazole rings is 1. The predicted molar refractivity (Wildman–Crippen MR) is 81.7 cm³/mol. The lowest BCUT2D eigenvalue weighted by atomic mass is 10.2. The highest BCUT2D eigenvalue weighted by Gasteiger charge is 2.29. The molecule has 3 nitrogen and oxygen atoms in total.